The quantitative estimate of drug-likeness (QED) is 0.606. The van der Waals surface area contributed by atoms with E-state index in [-0.39, 0.29) is 27.8 Å². The van der Waals surface area contributed by atoms with Crippen LogP contribution in [0.4, 0.5) is 0 Å². The smallest absolute Gasteiger partial charge is 0.236 e. The van der Waals surface area contributed by atoms with Gasteiger partial charge in [0.2, 0.25) is 5.78 Å². The number of hydrogen-bond donors (Lipinski definition) is 0. The molecule has 0 spiro atoms. The van der Waals surface area contributed by atoms with Crippen LogP contribution in [0.1, 0.15) is 10.4 Å². The predicted molar refractivity (Wildman–Crippen MR) is 63.2 cm³/mol. The van der Waals surface area contributed by atoms with Gasteiger partial charge in [-0.25, -0.2) is 0 Å². The third-order valence-corrected chi connectivity index (χ3v) is 2.81. The zero-order chi connectivity index (χ0) is 13.3. The van der Waals surface area contributed by atoms with E-state index in [1.54, 1.807) is 6.07 Å². The van der Waals surface area contributed by atoms with Gasteiger partial charge in [-0.05, 0) is 0 Å². The number of hydrogen-bond acceptors (Lipinski definition) is 5. The molecule has 0 saturated carbocycles. The number of rotatable bonds is 2. The van der Waals surface area contributed by atoms with E-state index >= 15 is 0 Å². The fourth-order valence-electron chi connectivity index (χ4n) is 1.64. The van der Waals surface area contributed by atoms with Crippen molar-refractivity contribution < 1.29 is 19.0 Å². The van der Waals surface area contributed by atoms with Gasteiger partial charge in [-0.15, -0.1) is 0 Å². The molecule has 0 fully saturated rings. The number of benzene rings is 1. The Morgan fingerprint density at radius 2 is 2.06 bits per heavy atom. The molecule has 1 aliphatic rings. The first kappa shape index (κ1) is 12.3. The van der Waals surface area contributed by atoms with E-state index in [4.69, 9.17) is 31.1 Å². The number of nitriles is 1. The van der Waals surface area contributed by atoms with E-state index in [2.05, 4.69) is 0 Å². The Labute approximate surface area is 108 Å². The van der Waals surface area contributed by atoms with Gasteiger partial charge in [-0.1, -0.05) is 11.6 Å². The van der Waals surface area contributed by atoms with Crippen molar-refractivity contribution in [2.24, 2.45) is 0 Å². The number of methoxy groups -OCH3 is 2. The van der Waals surface area contributed by atoms with E-state index in [0.29, 0.717) is 5.75 Å². The van der Waals surface area contributed by atoms with E-state index in [0.717, 1.165) is 6.08 Å². The van der Waals surface area contributed by atoms with Crippen LogP contribution in [0.25, 0.3) is 0 Å². The van der Waals surface area contributed by atoms with Gasteiger partial charge in [0.25, 0.3) is 0 Å². The summed E-state index contributed by atoms with van der Waals surface area (Å²) in [5.74, 6) is 0.254. The first-order valence-electron chi connectivity index (χ1n) is 4.90. The van der Waals surface area contributed by atoms with Crippen LogP contribution in [0.15, 0.2) is 17.9 Å². The Balaban J connectivity index is 2.69. The number of ether oxygens (including phenoxy) is 3. The third kappa shape index (κ3) is 1.67. The van der Waals surface area contributed by atoms with Crippen LogP contribution in [0.3, 0.4) is 0 Å². The lowest BCUT2D eigenvalue weighted by atomic mass is 10.1. The Morgan fingerprint density at radius 1 is 1.39 bits per heavy atom. The fraction of sp³-hybridized carbons (Fsp3) is 0.167. The minimum Gasteiger partial charge on any atom is -0.496 e. The van der Waals surface area contributed by atoms with Gasteiger partial charge in [-0.3, -0.25) is 4.79 Å². The second kappa shape index (κ2) is 4.59. The summed E-state index contributed by atoms with van der Waals surface area (Å²) in [6.07, 6.45) is 1.02. The average molecular weight is 266 g/mol. The zero-order valence-electron chi connectivity index (χ0n) is 9.61. The van der Waals surface area contributed by atoms with Crippen LogP contribution in [0, 0.1) is 11.3 Å². The molecule has 2 rings (SSSR count). The number of fused-ring (bicyclic) bond motifs is 1. The molecule has 6 heteroatoms. The van der Waals surface area contributed by atoms with Gasteiger partial charge < -0.3 is 14.2 Å². The highest BCUT2D eigenvalue weighted by Gasteiger charge is 2.35. The molecule has 5 nitrogen and oxygen atoms in total. The lowest BCUT2D eigenvalue weighted by Gasteiger charge is -2.10. The van der Waals surface area contributed by atoms with Gasteiger partial charge in [0, 0.05) is 6.07 Å². The van der Waals surface area contributed by atoms with Crippen molar-refractivity contribution in [3.05, 3.63) is 28.5 Å². The van der Waals surface area contributed by atoms with Crippen LogP contribution in [0.5, 0.6) is 17.2 Å². The molecule has 0 atom stereocenters. The molecular formula is C12H8ClNO4. The molecule has 0 radical (unpaired) electrons. The van der Waals surface area contributed by atoms with Gasteiger partial charge >= 0.3 is 0 Å². The molecule has 0 N–H and O–H groups in total. The summed E-state index contributed by atoms with van der Waals surface area (Å²) in [7, 11) is 2.86. The third-order valence-electron chi connectivity index (χ3n) is 2.45. The maximum atomic E-state index is 12.0. The maximum Gasteiger partial charge on any atom is 0.236 e. The lowest BCUT2D eigenvalue weighted by Crippen LogP contribution is -2.00. The highest BCUT2D eigenvalue weighted by Crippen LogP contribution is 2.47. The van der Waals surface area contributed by atoms with Gasteiger partial charge in [0.05, 0.1) is 26.4 Å². The van der Waals surface area contributed by atoms with Crippen molar-refractivity contribution in [3.63, 3.8) is 0 Å². The van der Waals surface area contributed by atoms with Crippen molar-refractivity contribution in [2.45, 2.75) is 0 Å². The summed E-state index contributed by atoms with van der Waals surface area (Å²) >= 11 is 6.05. The molecule has 1 aliphatic heterocycles. The highest BCUT2D eigenvalue weighted by atomic mass is 35.5. The minimum atomic E-state index is -0.437. The second-order valence-corrected chi connectivity index (χ2v) is 3.75. The van der Waals surface area contributed by atoms with Crippen LogP contribution >= 0.6 is 11.6 Å². The number of carbonyl (C=O) groups excluding carboxylic acids is 1. The number of nitrogens with zero attached hydrogens (tertiary/aromatic N) is 1. The van der Waals surface area contributed by atoms with Gasteiger partial charge in [0.15, 0.2) is 11.5 Å². The van der Waals surface area contributed by atoms with Gasteiger partial charge in [-0.2, -0.15) is 5.26 Å². The largest absolute Gasteiger partial charge is 0.496 e. The summed E-state index contributed by atoms with van der Waals surface area (Å²) in [6.45, 7) is 0. The standard InChI is InChI=1S/C12H8ClNO4/c1-16-7-5-8(17-2)10(13)12-9(7)11(15)6(18-12)3-4-14/h3,5H,1-2H3. The molecule has 0 aliphatic carbocycles. The lowest BCUT2D eigenvalue weighted by molar-refractivity contribution is 0.101. The Morgan fingerprint density at radius 3 is 2.61 bits per heavy atom. The monoisotopic (exact) mass is 265 g/mol. The number of Topliss-reactive ketones (excluding diaryl/α,β-unsaturated/α-hetero) is 1. The molecule has 0 bridgehead atoms. The van der Waals surface area contributed by atoms with Crippen LogP contribution in [0.2, 0.25) is 5.02 Å². The summed E-state index contributed by atoms with van der Waals surface area (Å²) < 4.78 is 15.4. The molecular weight excluding hydrogens is 258 g/mol. The highest BCUT2D eigenvalue weighted by molar-refractivity contribution is 6.35. The summed E-state index contributed by atoms with van der Waals surface area (Å²) in [4.78, 5) is 12.0. The summed E-state index contributed by atoms with van der Waals surface area (Å²) in [6, 6.07) is 3.24. The summed E-state index contributed by atoms with van der Waals surface area (Å²) in [5, 5.41) is 8.74. The SMILES string of the molecule is COc1cc(OC)c2c(c1Cl)OC(=CC#N)C2=O. The fourth-order valence-corrected chi connectivity index (χ4v) is 1.91. The number of halogens is 1. The molecule has 0 saturated heterocycles. The number of allylic oxidation sites excluding steroid dienone is 2. The average Bonchev–Trinajstić information content (AvgIpc) is 2.70. The molecule has 18 heavy (non-hydrogen) atoms. The normalized spacial score (nSPS) is 15.0. The van der Waals surface area contributed by atoms with E-state index in [1.165, 1.54) is 20.3 Å². The van der Waals surface area contributed by atoms with E-state index in [1.807, 2.05) is 0 Å². The van der Waals surface area contributed by atoms with Crippen LogP contribution in [-0.2, 0) is 0 Å². The molecule has 1 aromatic carbocycles. The van der Waals surface area contributed by atoms with Crippen molar-refractivity contribution in [1.82, 2.24) is 0 Å². The molecule has 1 aromatic rings. The molecule has 1 heterocycles. The first-order chi connectivity index (χ1) is 8.63. The van der Waals surface area contributed by atoms with Crippen molar-refractivity contribution in [3.8, 4) is 23.3 Å². The molecule has 0 amide bonds. The predicted octanol–water partition coefficient (Wildman–Crippen LogP) is 2.34. The van der Waals surface area contributed by atoms with Gasteiger partial charge in [0.1, 0.15) is 22.1 Å². The number of ketones is 1. The minimum absolute atomic E-state index is 0.0825. The molecule has 0 aromatic heterocycles. The summed E-state index contributed by atoms with van der Waals surface area (Å²) in [5.41, 5.74) is 0.199. The van der Waals surface area contributed by atoms with Crippen molar-refractivity contribution in [1.29, 1.82) is 5.26 Å². The van der Waals surface area contributed by atoms with E-state index in [9.17, 15) is 4.79 Å². The number of carbonyl (C=O) groups is 1. The van der Waals surface area contributed by atoms with Crippen molar-refractivity contribution in [2.75, 3.05) is 14.2 Å². The second-order valence-electron chi connectivity index (χ2n) is 3.37. The topological polar surface area (TPSA) is 68.6 Å². The van der Waals surface area contributed by atoms with Crippen LogP contribution in [-0.4, -0.2) is 20.0 Å². The molecule has 92 valence electrons. The van der Waals surface area contributed by atoms with Crippen molar-refractivity contribution >= 4 is 17.4 Å². The Bertz CT molecular complexity index is 601. The van der Waals surface area contributed by atoms with Crippen LogP contribution < -0.4 is 14.2 Å². The zero-order valence-corrected chi connectivity index (χ0v) is 10.4. The molecule has 0 unspecified atom stereocenters. The Kier molecular flexibility index (Phi) is 3.13. The maximum absolute atomic E-state index is 12.0. The van der Waals surface area contributed by atoms with E-state index < -0.39 is 5.78 Å². The Hall–Kier alpha value is -2.19. The first-order valence-corrected chi connectivity index (χ1v) is 5.28.